The standard InChI is InChI=1S/C19H20N2O3/c1-19(2)10-12-4-6-14(24-3)8-15(12)16(21-19)9-17(22)13-5-7-18(23)20-11-13/h4-9,11,21H,10H2,1-3H3,(H,20,23)/b16-9-. The number of methoxy groups -OCH3 is 1. The minimum Gasteiger partial charge on any atom is -0.497 e. The van der Waals surface area contributed by atoms with Gasteiger partial charge in [0.2, 0.25) is 5.56 Å². The van der Waals surface area contributed by atoms with Gasteiger partial charge in [-0.25, -0.2) is 0 Å². The lowest BCUT2D eigenvalue weighted by molar-refractivity contribution is 0.104. The summed E-state index contributed by atoms with van der Waals surface area (Å²) in [5.41, 5.74) is 2.95. The van der Waals surface area contributed by atoms with Gasteiger partial charge in [-0.2, -0.15) is 0 Å². The van der Waals surface area contributed by atoms with Gasteiger partial charge in [0.15, 0.2) is 5.78 Å². The number of ketones is 1. The number of pyridine rings is 1. The number of carbonyl (C=O) groups is 1. The second kappa shape index (κ2) is 6.00. The number of fused-ring (bicyclic) bond motifs is 1. The van der Waals surface area contributed by atoms with Crippen LogP contribution in [-0.2, 0) is 6.42 Å². The van der Waals surface area contributed by atoms with Crippen molar-refractivity contribution in [3.05, 3.63) is 69.6 Å². The first kappa shape index (κ1) is 16.1. The molecule has 3 rings (SSSR count). The lowest BCUT2D eigenvalue weighted by atomic mass is 9.85. The Kier molecular flexibility index (Phi) is 4.01. The fraction of sp³-hybridized carbons (Fsp3) is 0.263. The maximum absolute atomic E-state index is 12.5. The normalized spacial score (nSPS) is 17.0. The fourth-order valence-corrected chi connectivity index (χ4v) is 2.93. The predicted molar refractivity (Wildman–Crippen MR) is 93.3 cm³/mol. The highest BCUT2D eigenvalue weighted by Crippen LogP contribution is 2.32. The summed E-state index contributed by atoms with van der Waals surface area (Å²) in [6, 6.07) is 8.78. The predicted octanol–water partition coefficient (Wildman–Crippen LogP) is 2.53. The molecule has 0 saturated carbocycles. The van der Waals surface area contributed by atoms with Gasteiger partial charge in [0.1, 0.15) is 5.75 Å². The largest absolute Gasteiger partial charge is 0.497 e. The Morgan fingerprint density at radius 3 is 2.71 bits per heavy atom. The van der Waals surface area contributed by atoms with E-state index in [-0.39, 0.29) is 16.9 Å². The number of hydrogen-bond donors (Lipinski definition) is 2. The Morgan fingerprint density at radius 1 is 1.25 bits per heavy atom. The summed E-state index contributed by atoms with van der Waals surface area (Å²) in [6.07, 6.45) is 3.87. The van der Waals surface area contributed by atoms with Crippen LogP contribution >= 0.6 is 0 Å². The number of H-pyrrole nitrogens is 1. The third kappa shape index (κ3) is 3.25. The third-order valence-corrected chi connectivity index (χ3v) is 4.06. The molecule has 2 N–H and O–H groups in total. The number of aromatic amines is 1. The highest BCUT2D eigenvalue weighted by atomic mass is 16.5. The van der Waals surface area contributed by atoms with Gasteiger partial charge in [-0.15, -0.1) is 0 Å². The van der Waals surface area contributed by atoms with Crippen molar-refractivity contribution in [2.75, 3.05) is 7.11 Å². The van der Waals surface area contributed by atoms with Crippen LogP contribution in [0.15, 0.2) is 47.4 Å². The Balaban J connectivity index is 2.04. The summed E-state index contributed by atoms with van der Waals surface area (Å²) in [4.78, 5) is 26.2. The molecule has 5 nitrogen and oxygen atoms in total. The van der Waals surface area contributed by atoms with Crippen molar-refractivity contribution in [2.24, 2.45) is 0 Å². The van der Waals surface area contributed by atoms with E-state index in [1.807, 2.05) is 18.2 Å². The van der Waals surface area contributed by atoms with E-state index in [1.165, 1.54) is 23.9 Å². The van der Waals surface area contributed by atoms with E-state index in [0.717, 1.165) is 23.4 Å². The lowest BCUT2D eigenvalue weighted by Crippen LogP contribution is -2.43. The monoisotopic (exact) mass is 324 g/mol. The molecule has 0 bridgehead atoms. The molecular formula is C19H20N2O3. The van der Waals surface area contributed by atoms with Crippen molar-refractivity contribution in [3.63, 3.8) is 0 Å². The Hall–Kier alpha value is -2.82. The maximum Gasteiger partial charge on any atom is 0.247 e. The summed E-state index contributed by atoms with van der Waals surface area (Å²) in [7, 11) is 1.62. The zero-order valence-corrected chi connectivity index (χ0v) is 14.0. The van der Waals surface area contributed by atoms with Crippen LogP contribution in [0.5, 0.6) is 5.75 Å². The van der Waals surface area contributed by atoms with E-state index in [4.69, 9.17) is 4.74 Å². The SMILES string of the molecule is COc1ccc2c(c1)/C(=C/C(=O)c1ccc(=O)[nH]c1)NC(C)(C)C2. The molecule has 124 valence electrons. The zero-order chi connectivity index (χ0) is 17.3. The Labute approximate surface area is 140 Å². The van der Waals surface area contributed by atoms with Crippen LogP contribution in [0.3, 0.4) is 0 Å². The molecule has 1 aromatic heterocycles. The third-order valence-electron chi connectivity index (χ3n) is 4.06. The second-order valence-corrected chi connectivity index (χ2v) is 6.57. The number of nitrogens with one attached hydrogen (secondary N) is 2. The van der Waals surface area contributed by atoms with Crippen molar-refractivity contribution >= 4 is 11.5 Å². The van der Waals surface area contributed by atoms with Gasteiger partial charge < -0.3 is 15.0 Å². The lowest BCUT2D eigenvalue weighted by Gasteiger charge is -2.35. The molecule has 1 aromatic carbocycles. The van der Waals surface area contributed by atoms with Gasteiger partial charge in [-0.05, 0) is 44.0 Å². The van der Waals surface area contributed by atoms with E-state index in [1.54, 1.807) is 13.2 Å². The van der Waals surface area contributed by atoms with Crippen molar-refractivity contribution in [1.29, 1.82) is 0 Å². The molecule has 0 spiro atoms. The second-order valence-electron chi connectivity index (χ2n) is 6.57. The van der Waals surface area contributed by atoms with E-state index in [0.29, 0.717) is 5.56 Å². The van der Waals surface area contributed by atoms with Gasteiger partial charge >= 0.3 is 0 Å². The highest BCUT2D eigenvalue weighted by Gasteiger charge is 2.28. The number of allylic oxidation sites excluding steroid dienone is 1. The molecule has 2 aromatic rings. The van der Waals surface area contributed by atoms with Crippen molar-refractivity contribution in [1.82, 2.24) is 10.3 Å². The summed E-state index contributed by atoms with van der Waals surface area (Å²) in [5, 5.41) is 3.43. The summed E-state index contributed by atoms with van der Waals surface area (Å²) in [6.45, 7) is 4.19. The number of ether oxygens (including phenoxy) is 1. The summed E-state index contributed by atoms with van der Waals surface area (Å²) < 4.78 is 5.30. The number of aromatic nitrogens is 1. The van der Waals surface area contributed by atoms with Crippen LogP contribution in [0.25, 0.3) is 5.70 Å². The minimum atomic E-state index is -0.230. The topological polar surface area (TPSA) is 71.2 Å². The number of rotatable bonds is 3. The zero-order valence-electron chi connectivity index (χ0n) is 14.0. The molecule has 1 aliphatic rings. The molecule has 0 amide bonds. The van der Waals surface area contributed by atoms with Crippen LogP contribution in [0.2, 0.25) is 0 Å². The maximum atomic E-state index is 12.5. The van der Waals surface area contributed by atoms with Gasteiger partial charge in [0.25, 0.3) is 0 Å². The van der Waals surface area contributed by atoms with E-state index in [9.17, 15) is 9.59 Å². The minimum absolute atomic E-state index is 0.154. The molecule has 0 unspecified atom stereocenters. The van der Waals surface area contributed by atoms with Crippen molar-refractivity contribution < 1.29 is 9.53 Å². The number of benzene rings is 1. The van der Waals surface area contributed by atoms with Crippen LogP contribution < -0.4 is 15.6 Å². The van der Waals surface area contributed by atoms with Gasteiger partial charge in [0, 0.05) is 40.7 Å². The first-order chi connectivity index (χ1) is 11.4. The van der Waals surface area contributed by atoms with Gasteiger partial charge in [-0.3, -0.25) is 9.59 Å². The highest BCUT2D eigenvalue weighted by molar-refractivity contribution is 6.08. The van der Waals surface area contributed by atoms with Crippen LogP contribution in [0.1, 0.15) is 35.3 Å². The average molecular weight is 324 g/mol. The first-order valence-corrected chi connectivity index (χ1v) is 7.78. The molecule has 2 heterocycles. The summed E-state index contributed by atoms with van der Waals surface area (Å²) >= 11 is 0. The first-order valence-electron chi connectivity index (χ1n) is 7.78. The molecule has 0 aliphatic carbocycles. The van der Waals surface area contributed by atoms with Crippen LogP contribution in [0.4, 0.5) is 0 Å². The van der Waals surface area contributed by atoms with E-state index >= 15 is 0 Å². The molecule has 5 heteroatoms. The van der Waals surface area contributed by atoms with Gasteiger partial charge in [0.05, 0.1) is 7.11 Å². The Morgan fingerprint density at radius 2 is 2.04 bits per heavy atom. The molecule has 24 heavy (non-hydrogen) atoms. The molecule has 1 aliphatic heterocycles. The summed E-state index contributed by atoms with van der Waals surface area (Å²) in [5.74, 6) is 0.581. The number of hydrogen-bond acceptors (Lipinski definition) is 4. The van der Waals surface area contributed by atoms with Crippen molar-refractivity contribution in [2.45, 2.75) is 25.8 Å². The Bertz CT molecular complexity index is 858. The van der Waals surface area contributed by atoms with Gasteiger partial charge in [-0.1, -0.05) is 6.07 Å². The molecule has 0 radical (unpaired) electrons. The molecule has 0 atom stereocenters. The molecular weight excluding hydrogens is 304 g/mol. The quantitative estimate of drug-likeness (QED) is 0.672. The van der Waals surface area contributed by atoms with E-state index < -0.39 is 0 Å². The number of carbonyl (C=O) groups excluding carboxylic acids is 1. The van der Waals surface area contributed by atoms with Crippen molar-refractivity contribution in [3.8, 4) is 5.75 Å². The average Bonchev–Trinajstić information content (AvgIpc) is 2.54. The fourth-order valence-electron chi connectivity index (χ4n) is 2.93. The van der Waals surface area contributed by atoms with E-state index in [2.05, 4.69) is 24.1 Å². The molecule has 0 saturated heterocycles. The van der Waals surface area contributed by atoms with Crippen LogP contribution in [0, 0.1) is 0 Å². The molecule has 0 fully saturated rings. The van der Waals surface area contributed by atoms with Crippen LogP contribution in [-0.4, -0.2) is 23.4 Å². The smallest absolute Gasteiger partial charge is 0.247 e.